The highest BCUT2D eigenvalue weighted by molar-refractivity contribution is 7.80. The van der Waals surface area contributed by atoms with Crippen LogP contribution in [0.15, 0.2) is 47.1 Å². The number of furan rings is 1. The summed E-state index contributed by atoms with van der Waals surface area (Å²) in [6, 6.07) is 11.6. The van der Waals surface area contributed by atoms with Gasteiger partial charge in [0.1, 0.15) is 11.5 Å². The van der Waals surface area contributed by atoms with Crippen LogP contribution in [0.4, 0.5) is 5.69 Å². The molecule has 6 heteroatoms. The lowest BCUT2D eigenvalue weighted by atomic mass is 10.2. The molecule has 24 heavy (non-hydrogen) atoms. The van der Waals surface area contributed by atoms with E-state index in [4.69, 9.17) is 21.4 Å². The monoisotopic (exact) mass is 347 g/mol. The predicted octanol–water partition coefficient (Wildman–Crippen LogP) is 3.61. The maximum absolute atomic E-state index is 5.67. The van der Waals surface area contributed by atoms with Gasteiger partial charge in [-0.3, -0.25) is 0 Å². The quantitative estimate of drug-likeness (QED) is 0.772. The topological polar surface area (TPSA) is 40.9 Å². The number of nitrogens with one attached hydrogen (secondary N) is 1. The number of benzene rings is 1. The number of thiocarbonyl (C=S) groups is 1. The summed E-state index contributed by atoms with van der Waals surface area (Å²) in [6.45, 7) is 3.76. The van der Waals surface area contributed by atoms with Gasteiger partial charge in [-0.15, -0.1) is 0 Å². The second-order valence-corrected chi connectivity index (χ2v) is 6.21. The minimum atomic E-state index is 0.0367. The first-order valence-electron chi connectivity index (χ1n) is 7.91. The Labute approximate surface area is 149 Å². The van der Waals surface area contributed by atoms with Crippen molar-refractivity contribution in [1.29, 1.82) is 0 Å². The normalized spacial score (nSPS) is 12.0. The van der Waals surface area contributed by atoms with Crippen LogP contribution in [0, 0.1) is 0 Å². The maximum atomic E-state index is 5.67. The van der Waals surface area contributed by atoms with Crippen LogP contribution >= 0.6 is 12.2 Å². The van der Waals surface area contributed by atoms with Crippen molar-refractivity contribution in [2.45, 2.75) is 13.0 Å². The Balaban J connectivity index is 2.17. The molecule has 0 unspecified atom stereocenters. The van der Waals surface area contributed by atoms with Gasteiger partial charge in [-0.2, -0.15) is 0 Å². The summed E-state index contributed by atoms with van der Waals surface area (Å²) in [4.78, 5) is 4.26. The van der Waals surface area contributed by atoms with E-state index in [-0.39, 0.29) is 6.04 Å². The van der Waals surface area contributed by atoms with Gasteiger partial charge in [0.2, 0.25) is 0 Å². The van der Waals surface area contributed by atoms with Gasteiger partial charge in [-0.25, -0.2) is 0 Å². The molecule has 1 heterocycles. The van der Waals surface area contributed by atoms with Gasteiger partial charge in [0.05, 0.1) is 25.1 Å². The first-order chi connectivity index (χ1) is 11.5. The first-order valence-corrected chi connectivity index (χ1v) is 8.32. The zero-order chi connectivity index (χ0) is 17.5. The van der Waals surface area contributed by atoms with E-state index in [1.165, 1.54) is 0 Å². The maximum Gasteiger partial charge on any atom is 0.174 e. The van der Waals surface area contributed by atoms with E-state index in [1.807, 2.05) is 50.5 Å². The van der Waals surface area contributed by atoms with Crippen LogP contribution < -0.4 is 10.1 Å². The average molecular weight is 347 g/mol. The second kappa shape index (κ2) is 8.70. The molecule has 130 valence electrons. The molecule has 0 aliphatic carbocycles. The Bertz CT molecular complexity index is 643. The van der Waals surface area contributed by atoms with Crippen molar-refractivity contribution in [2.24, 2.45) is 0 Å². The second-order valence-electron chi connectivity index (χ2n) is 5.82. The molecule has 0 amide bonds. The number of anilines is 1. The molecule has 0 saturated carbocycles. The Hall–Kier alpha value is -2.05. The molecule has 2 rings (SSSR count). The van der Waals surface area contributed by atoms with Gasteiger partial charge in [-0.05, 0) is 57.5 Å². The third-order valence-corrected chi connectivity index (χ3v) is 4.16. The van der Waals surface area contributed by atoms with Crippen LogP contribution in [-0.4, -0.2) is 49.2 Å². The summed E-state index contributed by atoms with van der Waals surface area (Å²) in [7, 11) is 5.75. The number of rotatable bonds is 7. The minimum absolute atomic E-state index is 0.0367. The molecule has 0 saturated heterocycles. The number of ether oxygens (including phenoxy) is 1. The predicted molar refractivity (Wildman–Crippen MR) is 102 cm³/mol. The Morgan fingerprint density at radius 2 is 1.96 bits per heavy atom. The summed E-state index contributed by atoms with van der Waals surface area (Å²) in [5, 5.41) is 3.94. The van der Waals surface area contributed by atoms with E-state index in [0.29, 0.717) is 5.11 Å². The molecule has 0 aliphatic heterocycles. The van der Waals surface area contributed by atoms with Crippen molar-refractivity contribution in [2.75, 3.05) is 39.6 Å². The van der Waals surface area contributed by atoms with Crippen molar-refractivity contribution in [3.05, 3.63) is 48.4 Å². The lowest BCUT2D eigenvalue weighted by Gasteiger charge is -2.32. The number of hydrogen-bond donors (Lipinski definition) is 1. The fourth-order valence-corrected chi connectivity index (χ4v) is 2.76. The molecule has 0 radical (unpaired) electrons. The zero-order valence-corrected chi connectivity index (χ0v) is 15.5. The molecule has 1 aromatic heterocycles. The van der Waals surface area contributed by atoms with E-state index < -0.39 is 0 Å². The van der Waals surface area contributed by atoms with Gasteiger partial charge in [0.25, 0.3) is 0 Å². The fraction of sp³-hybridized carbons (Fsp3) is 0.389. The van der Waals surface area contributed by atoms with Gasteiger partial charge < -0.3 is 24.3 Å². The zero-order valence-electron chi connectivity index (χ0n) is 14.7. The van der Waals surface area contributed by atoms with Crippen LogP contribution in [0.25, 0.3) is 0 Å². The van der Waals surface area contributed by atoms with Crippen LogP contribution in [0.2, 0.25) is 0 Å². The summed E-state index contributed by atoms with van der Waals surface area (Å²) < 4.78 is 11.0. The highest BCUT2D eigenvalue weighted by Gasteiger charge is 2.21. The molecule has 0 fully saturated rings. The molecule has 1 atom stereocenters. The van der Waals surface area contributed by atoms with Gasteiger partial charge in [0, 0.05) is 13.1 Å². The van der Waals surface area contributed by atoms with E-state index >= 15 is 0 Å². The van der Waals surface area contributed by atoms with Crippen molar-refractivity contribution in [1.82, 2.24) is 9.80 Å². The van der Waals surface area contributed by atoms with Crippen molar-refractivity contribution in [3.8, 4) is 5.75 Å². The molecule has 5 nitrogen and oxygen atoms in total. The van der Waals surface area contributed by atoms with Crippen LogP contribution in [0.5, 0.6) is 5.75 Å². The summed E-state index contributed by atoms with van der Waals surface area (Å²) >= 11 is 5.67. The third-order valence-electron chi connectivity index (χ3n) is 3.82. The smallest absolute Gasteiger partial charge is 0.174 e. The Morgan fingerprint density at radius 1 is 1.21 bits per heavy atom. The molecule has 0 aliphatic rings. The van der Waals surface area contributed by atoms with E-state index in [2.05, 4.69) is 22.0 Å². The SMILES string of the molecule is COc1ccccc1NC(=S)N(CCN(C)C)[C@@H](C)c1ccco1. The van der Waals surface area contributed by atoms with E-state index in [9.17, 15) is 0 Å². The fourth-order valence-electron chi connectivity index (χ4n) is 2.40. The first kappa shape index (κ1) is 18.3. The minimum Gasteiger partial charge on any atom is -0.495 e. The largest absolute Gasteiger partial charge is 0.495 e. The highest BCUT2D eigenvalue weighted by Crippen LogP contribution is 2.26. The lowest BCUT2D eigenvalue weighted by Crippen LogP contribution is -2.40. The third kappa shape index (κ3) is 4.72. The molecule has 1 N–H and O–H groups in total. The molecule has 0 bridgehead atoms. The number of nitrogens with zero attached hydrogens (tertiary/aromatic N) is 2. The van der Waals surface area contributed by atoms with Gasteiger partial charge in [0.15, 0.2) is 5.11 Å². The van der Waals surface area contributed by atoms with Gasteiger partial charge >= 0.3 is 0 Å². The molecular formula is C18H25N3O2S. The van der Waals surface area contributed by atoms with Crippen LogP contribution in [0.3, 0.4) is 0 Å². The summed E-state index contributed by atoms with van der Waals surface area (Å²) in [5.74, 6) is 1.65. The number of likely N-dealkylation sites (N-methyl/N-ethyl adjacent to an activating group) is 1. The number of methoxy groups -OCH3 is 1. The van der Waals surface area contributed by atoms with Crippen LogP contribution in [0.1, 0.15) is 18.7 Å². The molecule has 1 aromatic carbocycles. The van der Waals surface area contributed by atoms with Crippen molar-refractivity contribution in [3.63, 3.8) is 0 Å². The average Bonchev–Trinajstić information content (AvgIpc) is 3.09. The Kier molecular flexibility index (Phi) is 6.63. The summed E-state index contributed by atoms with van der Waals surface area (Å²) in [5.41, 5.74) is 0.853. The highest BCUT2D eigenvalue weighted by atomic mass is 32.1. The molecule has 0 spiro atoms. The van der Waals surface area contributed by atoms with E-state index in [0.717, 1.165) is 30.3 Å². The standard InChI is InChI=1S/C18H25N3O2S/c1-14(16-10-7-13-23-16)21(12-11-20(2)3)18(24)19-15-8-5-6-9-17(15)22-4/h5-10,13-14H,11-12H2,1-4H3,(H,19,24)/t14-/m0/s1. The van der Waals surface area contributed by atoms with Crippen LogP contribution in [-0.2, 0) is 0 Å². The van der Waals surface area contributed by atoms with Crippen molar-refractivity contribution < 1.29 is 9.15 Å². The lowest BCUT2D eigenvalue weighted by molar-refractivity contribution is 0.263. The van der Waals surface area contributed by atoms with E-state index in [1.54, 1.807) is 13.4 Å². The van der Waals surface area contributed by atoms with Gasteiger partial charge in [-0.1, -0.05) is 12.1 Å². The molecular weight excluding hydrogens is 322 g/mol. The number of hydrogen-bond acceptors (Lipinski definition) is 4. The van der Waals surface area contributed by atoms with Crippen molar-refractivity contribution >= 4 is 23.0 Å². The summed E-state index contributed by atoms with van der Waals surface area (Å²) in [6.07, 6.45) is 1.69. The molecule has 2 aromatic rings. The number of para-hydroxylation sites is 2. The Morgan fingerprint density at radius 3 is 2.58 bits per heavy atom.